The minimum atomic E-state index is 0.345. The molecule has 2 saturated heterocycles. The van der Waals surface area contributed by atoms with Crippen LogP contribution in [-0.2, 0) is 0 Å². The van der Waals surface area contributed by atoms with Gasteiger partial charge in [-0.1, -0.05) is 0 Å². The third kappa shape index (κ3) is 2.20. The Kier molecular flexibility index (Phi) is 3.17. The number of aliphatic hydroxyl groups is 1. The van der Waals surface area contributed by atoms with Crippen molar-refractivity contribution in [3.8, 4) is 0 Å². The molecule has 0 bridgehead atoms. The van der Waals surface area contributed by atoms with Crippen LogP contribution in [0.3, 0.4) is 0 Å². The van der Waals surface area contributed by atoms with E-state index in [9.17, 15) is 0 Å². The van der Waals surface area contributed by atoms with Crippen LogP contribution in [0.2, 0.25) is 0 Å². The highest BCUT2D eigenvalue weighted by Gasteiger charge is 2.40. The van der Waals surface area contributed by atoms with Gasteiger partial charge in [-0.25, -0.2) is 0 Å². The summed E-state index contributed by atoms with van der Waals surface area (Å²) in [6.07, 6.45) is 3.77. The van der Waals surface area contributed by atoms with E-state index in [1.54, 1.807) is 0 Å². The fourth-order valence-corrected chi connectivity index (χ4v) is 4.02. The summed E-state index contributed by atoms with van der Waals surface area (Å²) in [6.45, 7) is 4.00. The van der Waals surface area contributed by atoms with E-state index < -0.39 is 0 Å². The van der Waals surface area contributed by atoms with Gasteiger partial charge in [0.15, 0.2) is 0 Å². The molecule has 0 aromatic carbocycles. The zero-order valence-corrected chi connectivity index (χ0v) is 8.98. The first-order valence-corrected chi connectivity index (χ1v) is 6.41. The highest BCUT2D eigenvalue weighted by atomic mass is 32.2. The second-order valence-corrected chi connectivity index (χ2v) is 5.51. The van der Waals surface area contributed by atoms with Gasteiger partial charge in [0, 0.05) is 25.4 Å². The Labute approximate surface area is 84.7 Å². The van der Waals surface area contributed by atoms with Gasteiger partial charge < -0.3 is 10.0 Å². The predicted molar refractivity (Wildman–Crippen MR) is 57.1 cm³/mol. The van der Waals surface area contributed by atoms with Crippen molar-refractivity contribution in [2.24, 2.45) is 5.41 Å². The van der Waals surface area contributed by atoms with Crippen molar-refractivity contribution in [2.75, 3.05) is 37.7 Å². The molecule has 0 aliphatic carbocycles. The number of thioether (sulfide) groups is 1. The zero-order chi connectivity index (χ0) is 9.15. The molecular weight excluding hydrogens is 182 g/mol. The number of aliphatic hydroxyl groups excluding tert-OH is 1. The van der Waals surface area contributed by atoms with Gasteiger partial charge in [0.25, 0.3) is 0 Å². The monoisotopic (exact) mass is 201 g/mol. The lowest BCUT2D eigenvalue weighted by Gasteiger charge is -2.22. The van der Waals surface area contributed by atoms with Crippen LogP contribution in [0.15, 0.2) is 0 Å². The summed E-state index contributed by atoms with van der Waals surface area (Å²) in [5.74, 6) is 2.75. The average Bonchev–Trinajstić information content (AvgIpc) is 2.74. The molecule has 1 atom stereocenters. The molecule has 1 N–H and O–H groups in total. The second kappa shape index (κ2) is 4.20. The molecule has 2 fully saturated rings. The summed E-state index contributed by atoms with van der Waals surface area (Å²) in [5.41, 5.74) is 0.667. The quantitative estimate of drug-likeness (QED) is 0.742. The highest BCUT2D eigenvalue weighted by Crippen LogP contribution is 2.43. The highest BCUT2D eigenvalue weighted by molar-refractivity contribution is 7.99. The molecule has 0 saturated carbocycles. The van der Waals surface area contributed by atoms with Gasteiger partial charge in [0.05, 0.1) is 0 Å². The largest absolute Gasteiger partial charge is 0.396 e. The van der Waals surface area contributed by atoms with E-state index >= 15 is 0 Å². The van der Waals surface area contributed by atoms with E-state index in [2.05, 4.69) is 16.7 Å². The molecule has 2 heterocycles. The van der Waals surface area contributed by atoms with Crippen LogP contribution in [0.5, 0.6) is 0 Å². The maximum atomic E-state index is 8.75. The molecule has 76 valence electrons. The number of likely N-dealkylation sites (tertiary alicyclic amines) is 1. The summed E-state index contributed by atoms with van der Waals surface area (Å²) >= 11 is 2.12. The fraction of sp³-hybridized carbons (Fsp3) is 1.00. The van der Waals surface area contributed by atoms with Crippen LogP contribution < -0.4 is 0 Å². The van der Waals surface area contributed by atoms with Gasteiger partial charge in [0.2, 0.25) is 0 Å². The minimum Gasteiger partial charge on any atom is -0.396 e. The van der Waals surface area contributed by atoms with Gasteiger partial charge in [-0.3, -0.25) is 0 Å². The van der Waals surface area contributed by atoms with Crippen molar-refractivity contribution in [1.82, 2.24) is 4.90 Å². The van der Waals surface area contributed by atoms with Crippen LogP contribution in [0.25, 0.3) is 0 Å². The van der Waals surface area contributed by atoms with Gasteiger partial charge in [-0.2, -0.15) is 11.8 Å². The molecule has 13 heavy (non-hydrogen) atoms. The SMILES string of the molecule is OCCCN1CC[C@]2(CCSC2)C1. The van der Waals surface area contributed by atoms with Crippen LogP contribution in [-0.4, -0.2) is 47.8 Å². The Balaban J connectivity index is 1.79. The molecule has 0 aromatic heterocycles. The van der Waals surface area contributed by atoms with Crippen LogP contribution in [0.1, 0.15) is 19.3 Å². The first-order valence-electron chi connectivity index (χ1n) is 5.26. The van der Waals surface area contributed by atoms with E-state index in [-0.39, 0.29) is 0 Å². The lowest BCUT2D eigenvalue weighted by atomic mass is 9.87. The Hall–Kier alpha value is 0.270. The molecule has 1 spiro atoms. The zero-order valence-electron chi connectivity index (χ0n) is 8.17. The van der Waals surface area contributed by atoms with Gasteiger partial charge in [-0.15, -0.1) is 0 Å². The lowest BCUT2D eigenvalue weighted by Crippen LogP contribution is -2.28. The van der Waals surface area contributed by atoms with Gasteiger partial charge >= 0.3 is 0 Å². The maximum Gasteiger partial charge on any atom is 0.0443 e. The van der Waals surface area contributed by atoms with E-state index in [0.717, 1.165) is 13.0 Å². The van der Waals surface area contributed by atoms with Crippen LogP contribution in [0.4, 0.5) is 0 Å². The van der Waals surface area contributed by atoms with Crippen LogP contribution in [0, 0.1) is 5.41 Å². The first kappa shape index (κ1) is 9.81. The predicted octanol–water partition coefficient (Wildman–Crippen LogP) is 1.20. The smallest absolute Gasteiger partial charge is 0.0443 e. The van der Waals surface area contributed by atoms with Crippen molar-refractivity contribution in [2.45, 2.75) is 19.3 Å². The van der Waals surface area contributed by atoms with Crippen molar-refractivity contribution in [1.29, 1.82) is 0 Å². The third-order valence-electron chi connectivity index (χ3n) is 3.33. The molecular formula is C10H19NOS. The van der Waals surface area contributed by atoms with Crippen LogP contribution >= 0.6 is 11.8 Å². The summed E-state index contributed by atoms with van der Waals surface area (Å²) in [4.78, 5) is 2.53. The van der Waals surface area contributed by atoms with E-state index in [0.29, 0.717) is 12.0 Å². The standard InChI is InChI=1S/C10H19NOS/c12-6-1-4-11-5-2-10(8-11)3-7-13-9-10/h12H,1-9H2/t10-/m0/s1. The Bertz CT molecular complexity index is 168. The molecule has 2 aliphatic rings. The molecule has 0 aromatic rings. The first-order chi connectivity index (χ1) is 6.35. The topological polar surface area (TPSA) is 23.5 Å². The Morgan fingerprint density at radius 2 is 2.31 bits per heavy atom. The summed E-state index contributed by atoms with van der Waals surface area (Å²) in [7, 11) is 0. The molecule has 2 aliphatic heterocycles. The normalized spacial score (nSPS) is 34.8. The van der Waals surface area contributed by atoms with E-state index in [1.165, 1.54) is 37.4 Å². The maximum absolute atomic E-state index is 8.75. The molecule has 3 heteroatoms. The van der Waals surface area contributed by atoms with Gasteiger partial charge in [-0.05, 0) is 37.0 Å². The molecule has 2 nitrogen and oxygen atoms in total. The molecule has 0 amide bonds. The molecule has 2 rings (SSSR count). The summed E-state index contributed by atoms with van der Waals surface area (Å²) in [6, 6.07) is 0. The van der Waals surface area contributed by atoms with Crippen molar-refractivity contribution >= 4 is 11.8 Å². The van der Waals surface area contributed by atoms with Gasteiger partial charge in [0.1, 0.15) is 0 Å². The van der Waals surface area contributed by atoms with Crippen molar-refractivity contribution < 1.29 is 5.11 Å². The fourth-order valence-electron chi connectivity index (χ4n) is 2.48. The van der Waals surface area contributed by atoms with Crippen molar-refractivity contribution in [3.63, 3.8) is 0 Å². The second-order valence-electron chi connectivity index (χ2n) is 4.41. The minimum absolute atomic E-state index is 0.345. The number of hydrogen-bond acceptors (Lipinski definition) is 3. The Morgan fingerprint density at radius 1 is 1.38 bits per heavy atom. The summed E-state index contributed by atoms with van der Waals surface area (Å²) < 4.78 is 0. The summed E-state index contributed by atoms with van der Waals surface area (Å²) in [5, 5.41) is 8.75. The number of nitrogens with zero attached hydrogens (tertiary/aromatic N) is 1. The van der Waals surface area contributed by atoms with E-state index in [1.807, 2.05) is 0 Å². The third-order valence-corrected chi connectivity index (χ3v) is 4.64. The average molecular weight is 201 g/mol. The molecule has 0 unspecified atom stereocenters. The molecule has 0 radical (unpaired) electrons. The van der Waals surface area contributed by atoms with E-state index in [4.69, 9.17) is 5.11 Å². The number of rotatable bonds is 3. The Morgan fingerprint density at radius 3 is 3.00 bits per heavy atom. The number of hydrogen-bond donors (Lipinski definition) is 1. The van der Waals surface area contributed by atoms with Crippen molar-refractivity contribution in [3.05, 3.63) is 0 Å². The lowest BCUT2D eigenvalue weighted by molar-refractivity contribution is 0.232.